The number of ether oxygens (including phenoxy) is 2. The molecule has 216 valence electrons. The van der Waals surface area contributed by atoms with Crippen molar-refractivity contribution < 1.29 is 19.1 Å². The highest BCUT2D eigenvalue weighted by Crippen LogP contribution is 2.33. The minimum Gasteiger partial charge on any atom is -0.454 e. The number of nitrogens with one attached hydrogen (secondary N) is 1. The summed E-state index contributed by atoms with van der Waals surface area (Å²) in [7, 11) is 0. The van der Waals surface area contributed by atoms with E-state index in [0.29, 0.717) is 13.1 Å². The third-order valence-corrected chi connectivity index (χ3v) is 8.53. The maximum Gasteiger partial charge on any atom is 0.231 e. The number of hydrogen-bond donors (Lipinski definition) is 1. The Morgan fingerprint density at radius 2 is 1.71 bits per heavy atom. The van der Waals surface area contributed by atoms with Gasteiger partial charge in [-0.15, -0.1) is 0 Å². The van der Waals surface area contributed by atoms with Crippen LogP contribution in [0.5, 0.6) is 11.5 Å². The van der Waals surface area contributed by atoms with Gasteiger partial charge >= 0.3 is 0 Å². The fraction of sp³-hybridized carbons (Fsp3) is 0.469. The molecule has 4 heterocycles. The van der Waals surface area contributed by atoms with Crippen LogP contribution in [0.15, 0.2) is 42.5 Å². The van der Waals surface area contributed by atoms with Gasteiger partial charge in [0, 0.05) is 69.7 Å². The number of nitrogens with zero attached hydrogens (tertiary/aromatic N) is 4. The lowest BCUT2D eigenvalue weighted by molar-refractivity contribution is -0.134. The number of piperidine rings is 1. The largest absolute Gasteiger partial charge is 0.454 e. The molecule has 6 rings (SSSR count). The zero-order valence-electron chi connectivity index (χ0n) is 24.0. The van der Waals surface area contributed by atoms with Crippen LogP contribution in [0, 0.1) is 12.8 Å². The van der Waals surface area contributed by atoms with E-state index in [9.17, 15) is 9.59 Å². The van der Waals surface area contributed by atoms with E-state index in [4.69, 9.17) is 14.5 Å². The maximum absolute atomic E-state index is 12.8. The van der Waals surface area contributed by atoms with Gasteiger partial charge in [-0.25, -0.2) is 4.98 Å². The topological polar surface area (TPSA) is 87.2 Å². The number of carbonyl (C=O) groups is 2. The summed E-state index contributed by atoms with van der Waals surface area (Å²) in [5.41, 5.74) is 3.98. The molecular formula is C32H39N5O4. The first-order chi connectivity index (χ1) is 19.9. The van der Waals surface area contributed by atoms with Crippen LogP contribution in [0.1, 0.15) is 43.7 Å². The molecule has 0 unspecified atom stereocenters. The summed E-state index contributed by atoms with van der Waals surface area (Å²) in [6.45, 7) is 10.5. The van der Waals surface area contributed by atoms with Crippen LogP contribution in [0.3, 0.4) is 0 Å². The molecule has 0 bridgehead atoms. The molecule has 3 aromatic rings. The predicted octanol–water partition coefficient (Wildman–Crippen LogP) is 4.57. The fourth-order valence-corrected chi connectivity index (χ4v) is 5.91. The van der Waals surface area contributed by atoms with Crippen LogP contribution in [0.2, 0.25) is 0 Å². The molecule has 3 aliphatic heterocycles. The third kappa shape index (κ3) is 6.40. The van der Waals surface area contributed by atoms with Crippen molar-refractivity contribution in [2.24, 2.45) is 5.92 Å². The zero-order valence-corrected chi connectivity index (χ0v) is 24.0. The molecule has 0 atom stereocenters. The Bertz CT molecular complexity index is 1430. The number of anilines is 2. The molecule has 2 fully saturated rings. The van der Waals surface area contributed by atoms with E-state index >= 15 is 0 Å². The Balaban J connectivity index is 0.969. The van der Waals surface area contributed by atoms with Gasteiger partial charge in [0.15, 0.2) is 11.5 Å². The van der Waals surface area contributed by atoms with Gasteiger partial charge in [-0.2, -0.15) is 0 Å². The minimum atomic E-state index is -0.149. The Kier molecular flexibility index (Phi) is 7.96. The SMILES string of the molecule is Cc1cc(N2CCC(C)CC2)nc2ccc(NC(=O)CCC(=O)N3CCN(Cc4ccc5c(c4)OCO5)CC3)cc12. The molecule has 2 amide bonds. The van der Waals surface area contributed by atoms with Gasteiger partial charge in [-0.3, -0.25) is 14.5 Å². The highest BCUT2D eigenvalue weighted by atomic mass is 16.7. The summed E-state index contributed by atoms with van der Waals surface area (Å²) in [6, 6.07) is 14.0. The maximum atomic E-state index is 12.8. The molecule has 0 aliphatic carbocycles. The lowest BCUT2D eigenvalue weighted by Crippen LogP contribution is -2.48. The van der Waals surface area contributed by atoms with Crippen molar-refractivity contribution in [3.8, 4) is 11.5 Å². The van der Waals surface area contributed by atoms with Crippen molar-refractivity contribution in [2.75, 3.05) is 56.3 Å². The van der Waals surface area contributed by atoms with Crippen molar-refractivity contribution in [2.45, 2.75) is 46.1 Å². The molecule has 9 heteroatoms. The van der Waals surface area contributed by atoms with Crippen molar-refractivity contribution in [3.63, 3.8) is 0 Å². The van der Waals surface area contributed by atoms with E-state index in [0.717, 1.165) is 78.1 Å². The second-order valence-electron chi connectivity index (χ2n) is 11.6. The van der Waals surface area contributed by atoms with Gasteiger partial charge in [0.25, 0.3) is 0 Å². The average Bonchev–Trinajstić information content (AvgIpc) is 3.45. The van der Waals surface area contributed by atoms with Gasteiger partial charge < -0.3 is 24.6 Å². The Morgan fingerprint density at radius 3 is 2.51 bits per heavy atom. The van der Waals surface area contributed by atoms with Crippen LogP contribution >= 0.6 is 0 Å². The first-order valence-corrected chi connectivity index (χ1v) is 14.8. The monoisotopic (exact) mass is 557 g/mol. The smallest absolute Gasteiger partial charge is 0.231 e. The lowest BCUT2D eigenvalue weighted by Gasteiger charge is -2.34. The van der Waals surface area contributed by atoms with E-state index in [1.54, 1.807) is 0 Å². The van der Waals surface area contributed by atoms with Crippen LogP contribution in [-0.4, -0.2) is 72.7 Å². The molecule has 0 radical (unpaired) electrons. The number of aryl methyl sites for hydroxylation is 1. The van der Waals surface area contributed by atoms with Crippen LogP contribution < -0.4 is 19.7 Å². The van der Waals surface area contributed by atoms with Crippen LogP contribution in [0.25, 0.3) is 10.9 Å². The normalized spacial score (nSPS) is 17.7. The zero-order chi connectivity index (χ0) is 28.3. The predicted molar refractivity (Wildman–Crippen MR) is 159 cm³/mol. The summed E-state index contributed by atoms with van der Waals surface area (Å²) < 4.78 is 10.9. The molecule has 3 aliphatic rings. The van der Waals surface area contributed by atoms with Gasteiger partial charge in [-0.1, -0.05) is 13.0 Å². The molecule has 9 nitrogen and oxygen atoms in total. The van der Waals surface area contributed by atoms with E-state index in [1.807, 2.05) is 35.2 Å². The molecule has 2 saturated heterocycles. The summed E-state index contributed by atoms with van der Waals surface area (Å²) in [4.78, 5) is 37.0. The van der Waals surface area contributed by atoms with E-state index in [1.165, 1.54) is 18.4 Å². The Labute approximate surface area is 241 Å². The Hall–Kier alpha value is -3.85. The highest BCUT2D eigenvalue weighted by Gasteiger charge is 2.23. The average molecular weight is 558 g/mol. The second-order valence-corrected chi connectivity index (χ2v) is 11.6. The summed E-state index contributed by atoms with van der Waals surface area (Å²) >= 11 is 0. The first-order valence-electron chi connectivity index (χ1n) is 14.8. The van der Waals surface area contributed by atoms with Crippen molar-refractivity contribution in [3.05, 3.63) is 53.6 Å². The number of piperazine rings is 1. The number of pyridine rings is 1. The molecular weight excluding hydrogens is 518 g/mol. The summed E-state index contributed by atoms with van der Waals surface area (Å²) in [6.07, 6.45) is 2.77. The van der Waals surface area contributed by atoms with Gasteiger partial charge in [0.05, 0.1) is 5.52 Å². The van der Waals surface area contributed by atoms with Crippen LogP contribution in [0.4, 0.5) is 11.5 Å². The van der Waals surface area contributed by atoms with Crippen molar-refractivity contribution >= 4 is 34.2 Å². The number of amides is 2. The molecule has 1 N–H and O–H groups in total. The number of benzene rings is 2. The van der Waals surface area contributed by atoms with Gasteiger partial charge in [-0.05, 0) is 73.2 Å². The van der Waals surface area contributed by atoms with E-state index in [2.05, 4.69) is 41.1 Å². The van der Waals surface area contributed by atoms with E-state index in [-0.39, 0.29) is 31.4 Å². The van der Waals surface area contributed by atoms with Crippen LogP contribution in [-0.2, 0) is 16.1 Å². The Morgan fingerprint density at radius 1 is 0.927 bits per heavy atom. The summed E-state index contributed by atoms with van der Waals surface area (Å²) in [5, 5.41) is 4.01. The summed E-state index contributed by atoms with van der Waals surface area (Å²) in [5.74, 6) is 3.27. The number of fused-ring (bicyclic) bond motifs is 2. The molecule has 1 aromatic heterocycles. The van der Waals surface area contributed by atoms with Crippen molar-refractivity contribution in [1.29, 1.82) is 0 Å². The van der Waals surface area contributed by atoms with Gasteiger partial charge in [0.2, 0.25) is 18.6 Å². The number of hydrogen-bond acceptors (Lipinski definition) is 7. The number of rotatable bonds is 7. The molecule has 2 aromatic carbocycles. The quantitative estimate of drug-likeness (QED) is 0.455. The highest BCUT2D eigenvalue weighted by molar-refractivity contribution is 5.96. The molecule has 0 spiro atoms. The second kappa shape index (κ2) is 11.9. The number of carbonyl (C=O) groups excluding carboxylic acids is 2. The molecule has 0 saturated carbocycles. The molecule has 41 heavy (non-hydrogen) atoms. The fourth-order valence-electron chi connectivity index (χ4n) is 5.91. The lowest BCUT2D eigenvalue weighted by atomic mass is 9.99. The van der Waals surface area contributed by atoms with E-state index < -0.39 is 0 Å². The van der Waals surface area contributed by atoms with Crippen molar-refractivity contribution in [1.82, 2.24) is 14.8 Å². The first kappa shape index (κ1) is 27.3. The minimum absolute atomic E-state index is 0.0288. The standard InChI is InChI=1S/C32H39N5O4/c1-22-9-11-36(12-10-22)30-17-23(2)26-19-25(4-5-27(26)34-30)33-31(38)7-8-32(39)37-15-13-35(14-16-37)20-24-3-6-28-29(18-24)41-21-40-28/h3-6,17-19,22H,7-16,20-21H2,1-2H3,(H,33,38). The number of aromatic nitrogens is 1. The third-order valence-electron chi connectivity index (χ3n) is 8.53. The van der Waals surface area contributed by atoms with Gasteiger partial charge in [0.1, 0.15) is 5.82 Å².